The molecule has 2 amide bonds. The van der Waals surface area contributed by atoms with Crippen LogP contribution in [0.25, 0.3) is 10.9 Å². The molecule has 4 rings (SSSR count). The number of ether oxygens (including phenoxy) is 3. The fraction of sp³-hybridized carbons (Fsp3) is 0.615. The van der Waals surface area contributed by atoms with Crippen LogP contribution in [0, 0.1) is 0 Å². The molecule has 1 saturated carbocycles. The quantitative estimate of drug-likeness (QED) is 0.665. The first-order valence-corrected chi connectivity index (χ1v) is 12.3. The minimum atomic E-state index is -1.06. The highest BCUT2D eigenvalue weighted by molar-refractivity contribution is 6.05. The molecule has 0 saturated heterocycles. The average molecular weight is 472 g/mol. The third-order valence-electron chi connectivity index (χ3n) is 7.40. The number of carbonyl (C=O) groups is 2. The second kappa shape index (κ2) is 10.3. The lowest BCUT2D eigenvalue weighted by atomic mass is 9.92. The Bertz CT molecular complexity index is 1040. The largest absolute Gasteiger partial charge is 0.496 e. The van der Waals surface area contributed by atoms with Crippen molar-refractivity contribution in [2.45, 2.75) is 70.0 Å². The van der Waals surface area contributed by atoms with Crippen molar-refractivity contribution in [3.05, 3.63) is 23.9 Å². The van der Waals surface area contributed by atoms with Crippen LogP contribution in [0.2, 0.25) is 0 Å². The van der Waals surface area contributed by atoms with E-state index in [1.807, 2.05) is 29.7 Å². The van der Waals surface area contributed by atoms with Gasteiger partial charge in [0.15, 0.2) is 0 Å². The molecule has 8 heteroatoms. The molecule has 1 aromatic heterocycles. The Morgan fingerprint density at radius 1 is 1.06 bits per heavy atom. The van der Waals surface area contributed by atoms with Crippen molar-refractivity contribution in [1.29, 1.82) is 0 Å². The first-order valence-electron chi connectivity index (χ1n) is 12.3. The molecule has 1 atom stereocenters. The molecular weight excluding hydrogens is 434 g/mol. The van der Waals surface area contributed by atoms with E-state index >= 15 is 0 Å². The molecule has 2 aliphatic rings. The topological polar surface area (TPSA) is 82.0 Å². The predicted octanol–water partition coefficient (Wildman–Crippen LogP) is 3.75. The van der Waals surface area contributed by atoms with E-state index in [4.69, 9.17) is 14.2 Å². The summed E-state index contributed by atoms with van der Waals surface area (Å²) >= 11 is 0. The Morgan fingerprint density at radius 3 is 2.35 bits per heavy atom. The van der Waals surface area contributed by atoms with Gasteiger partial charge in [0, 0.05) is 25.1 Å². The number of benzene rings is 1. The lowest BCUT2D eigenvalue weighted by Crippen LogP contribution is -2.65. The predicted molar refractivity (Wildman–Crippen MR) is 131 cm³/mol. The number of aromatic nitrogens is 1. The summed E-state index contributed by atoms with van der Waals surface area (Å²) in [4.78, 5) is 29.3. The third kappa shape index (κ3) is 4.35. The molecule has 1 aliphatic carbocycles. The van der Waals surface area contributed by atoms with E-state index in [-0.39, 0.29) is 17.9 Å². The molecule has 186 valence electrons. The van der Waals surface area contributed by atoms with Crippen LogP contribution < -0.4 is 14.8 Å². The summed E-state index contributed by atoms with van der Waals surface area (Å²) < 4.78 is 18.4. The van der Waals surface area contributed by atoms with Crippen LogP contribution in [0.4, 0.5) is 0 Å². The van der Waals surface area contributed by atoms with Gasteiger partial charge in [-0.25, -0.2) is 0 Å². The smallest absolute Gasteiger partial charge is 0.271 e. The van der Waals surface area contributed by atoms with Crippen LogP contribution in [0.1, 0.15) is 62.4 Å². The maximum absolute atomic E-state index is 13.8. The van der Waals surface area contributed by atoms with Crippen molar-refractivity contribution in [3.8, 4) is 11.5 Å². The molecular formula is C26H37N3O5. The van der Waals surface area contributed by atoms with Gasteiger partial charge in [-0.2, -0.15) is 0 Å². The normalized spacial score (nSPS) is 21.6. The number of hydrogen-bond acceptors (Lipinski definition) is 5. The number of methoxy groups -OCH3 is 3. The van der Waals surface area contributed by atoms with Gasteiger partial charge in [0.2, 0.25) is 5.91 Å². The van der Waals surface area contributed by atoms with Crippen molar-refractivity contribution < 1.29 is 23.8 Å². The Balaban J connectivity index is 1.75. The number of carbonyl (C=O) groups excluding carboxylic acids is 2. The van der Waals surface area contributed by atoms with Crippen LogP contribution in [0.3, 0.4) is 0 Å². The highest BCUT2D eigenvalue weighted by Gasteiger charge is 2.48. The van der Waals surface area contributed by atoms with Crippen LogP contribution >= 0.6 is 0 Å². The summed E-state index contributed by atoms with van der Waals surface area (Å²) in [7, 11) is 4.82. The van der Waals surface area contributed by atoms with E-state index in [1.54, 1.807) is 26.2 Å². The van der Waals surface area contributed by atoms with E-state index < -0.39 is 5.54 Å². The van der Waals surface area contributed by atoms with Gasteiger partial charge in [-0.3, -0.25) is 9.59 Å². The van der Waals surface area contributed by atoms with Gasteiger partial charge < -0.3 is 29.0 Å². The fourth-order valence-corrected chi connectivity index (χ4v) is 5.43. The maximum atomic E-state index is 13.8. The summed E-state index contributed by atoms with van der Waals surface area (Å²) in [6.07, 6.45) is 7.90. The van der Waals surface area contributed by atoms with Gasteiger partial charge in [-0.15, -0.1) is 0 Å². The van der Waals surface area contributed by atoms with E-state index in [1.165, 1.54) is 19.3 Å². The Labute approximate surface area is 201 Å². The first kappa shape index (κ1) is 24.4. The molecule has 1 N–H and O–H groups in total. The van der Waals surface area contributed by atoms with E-state index in [0.29, 0.717) is 36.9 Å². The number of hydrogen-bond donors (Lipinski definition) is 1. The Morgan fingerprint density at radius 2 is 1.71 bits per heavy atom. The molecule has 8 nitrogen and oxygen atoms in total. The van der Waals surface area contributed by atoms with Crippen molar-refractivity contribution >= 4 is 22.7 Å². The maximum Gasteiger partial charge on any atom is 0.271 e. The molecule has 2 aromatic rings. The molecule has 0 spiro atoms. The summed E-state index contributed by atoms with van der Waals surface area (Å²) in [6.45, 7) is 2.87. The number of fused-ring (bicyclic) bond motifs is 3. The highest BCUT2D eigenvalue weighted by atomic mass is 16.5. The number of nitrogens with one attached hydrogen (secondary N) is 1. The summed E-state index contributed by atoms with van der Waals surface area (Å²) in [5, 5.41) is 4.10. The molecule has 2 heterocycles. The second-order valence-electron chi connectivity index (χ2n) is 9.59. The van der Waals surface area contributed by atoms with Crippen LogP contribution in [-0.2, 0) is 16.1 Å². The second-order valence-corrected chi connectivity index (χ2v) is 9.59. The zero-order chi connectivity index (χ0) is 24.3. The lowest BCUT2D eigenvalue weighted by molar-refractivity contribution is -0.134. The monoisotopic (exact) mass is 471 g/mol. The molecule has 34 heavy (non-hydrogen) atoms. The number of rotatable bonds is 7. The summed E-state index contributed by atoms with van der Waals surface area (Å²) in [6, 6.07) is 5.65. The molecule has 0 radical (unpaired) electrons. The highest BCUT2D eigenvalue weighted by Crippen LogP contribution is 2.40. The molecule has 1 fully saturated rings. The zero-order valence-electron chi connectivity index (χ0n) is 20.8. The van der Waals surface area contributed by atoms with Crippen molar-refractivity contribution in [2.75, 3.05) is 34.5 Å². The molecule has 0 unspecified atom stereocenters. The van der Waals surface area contributed by atoms with E-state index in [2.05, 4.69) is 5.32 Å². The molecule has 1 aromatic carbocycles. The molecule has 1 aliphatic heterocycles. The first-order chi connectivity index (χ1) is 16.4. The van der Waals surface area contributed by atoms with Crippen molar-refractivity contribution in [1.82, 2.24) is 14.8 Å². The van der Waals surface area contributed by atoms with Crippen LogP contribution in [0.15, 0.2) is 18.2 Å². The van der Waals surface area contributed by atoms with Crippen molar-refractivity contribution in [2.24, 2.45) is 0 Å². The van der Waals surface area contributed by atoms with E-state index in [9.17, 15) is 9.59 Å². The van der Waals surface area contributed by atoms with Crippen LogP contribution in [0.5, 0.6) is 11.5 Å². The summed E-state index contributed by atoms with van der Waals surface area (Å²) in [5.41, 5.74) is 0.220. The zero-order valence-corrected chi connectivity index (χ0v) is 20.8. The van der Waals surface area contributed by atoms with Crippen molar-refractivity contribution in [3.63, 3.8) is 0 Å². The van der Waals surface area contributed by atoms with Gasteiger partial charge in [0.25, 0.3) is 5.91 Å². The Hall–Kier alpha value is -2.74. The van der Waals surface area contributed by atoms with Gasteiger partial charge in [0.05, 0.1) is 32.9 Å². The van der Waals surface area contributed by atoms with Gasteiger partial charge >= 0.3 is 0 Å². The third-order valence-corrected chi connectivity index (χ3v) is 7.40. The number of nitrogens with zero attached hydrogens (tertiary/aromatic N) is 2. The van der Waals surface area contributed by atoms with Gasteiger partial charge in [0.1, 0.15) is 22.7 Å². The fourth-order valence-electron chi connectivity index (χ4n) is 5.43. The van der Waals surface area contributed by atoms with Gasteiger partial charge in [-0.1, -0.05) is 32.1 Å². The SMILES string of the molecule is COCCN1C(=O)c2cc3c(OC)ccc(OC)c3n2C[C@]1(C)C(=O)NC1CCCCCCC1. The molecule has 0 bridgehead atoms. The van der Waals surface area contributed by atoms with Crippen LogP contribution in [-0.4, -0.2) is 67.3 Å². The standard InChI is InChI=1S/C26H37N3O5/c1-26(25(31)27-18-10-8-6-5-7-9-11-18)17-28-20(24(30)29(26)14-15-32-2)16-19-21(33-3)12-13-22(34-4)23(19)28/h12-13,16,18H,5-11,14-15,17H2,1-4H3,(H,27,31)/t26-/m1/s1. The minimum absolute atomic E-state index is 0.114. The summed E-state index contributed by atoms with van der Waals surface area (Å²) in [5.74, 6) is 0.994. The van der Waals surface area contributed by atoms with E-state index in [0.717, 1.165) is 36.6 Å². The lowest BCUT2D eigenvalue weighted by Gasteiger charge is -2.44. The van der Waals surface area contributed by atoms with Gasteiger partial charge in [-0.05, 0) is 38.0 Å². The average Bonchev–Trinajstić information content (AvgIpc) is 3.19. The minimum Gasteiger partial charge on any atom is -0.496 e. The Kier molecular flexibility index (Phi) is 7.36. The number of amides is 2.